The molecule has 1 heterocycles. The molecule has 0 radical (unpaired) electrons. The third kappa shape index (κ3) is 4.24. The monoisotopic (exact) mass is 346 g/mol. The first kappa shape index (κ1) is 18.0. The average Bonchev–Trinajstić information content (AvgIpc) is 2.61. The molecule has 5 heteroatoms. The molecule has 1 unspecified atom stereocenters. The highest BCUT2D eigenvalue weighted by Gasteiger charge is 2.33. The van der Waals surface area contributed by atoms with E-state index in [1.807, 2.05) is 0 Å². The zero-order valence-electron chi connectivity index (χ0n) is 14.6. The van der Waals surface area contributed by atoms with Crippen LogP contribution in [-0.4, -0.2) is 43.8 Å². The van der Waals surface area contributed by atoms with Gasteiger partial charge in [0.2, 0.25) is 0 Å². The Balaban J connectivity index is 2.02. The maximum absolute atomic E-state index is 13.4. The molecule has 134 valence electrons. The quantitative estimate of drug-likeness (QED) is 0.898. The van der Waals surface area contributed by atoms with Crippen molar-refractivity contribution in [1.29, 1.82) is 0 Å². The van der Waals surface area contributed by atoms with Crippen LogP contribution in [0.2, 0.25) is 0 Å². The lowest BCUT2D eigenvalue weighted by Crippen LogP contribution is -2.58. The average molecular weight is 346 g/mol. The maximum atomic E-state index is 13.4. The highest BCUT2D eigenvalue weighted by Crippen LogP contribution is 2.32. The maximum Gasteiger partial charge on any atom is 0.123 e. The summed E-state index contributed by atoms with van der Waals surface area (Å²) >= 11 is 0. The molecule has 1 fully saturated rings. The Morgan fingerprint density at radius 1 is 1.04 bits per heavy atom. The Kier molecular flexibility index (Phi) is 5.78. The van der Waals surface area contributed by atoms with Crippen molar-refractivity contribution in [2.24, 2.45) is 0 Å². The number of benzene rings is 2. The van der Waals surface area contributed by atoms with E-state index in [9.17, 15) is 8.78 Å². The second-order valence-electron chi connectivity index (χ2n) is 6.62. The molecule has 0 saturated carbocycles. The van der Waals surface area contributed by atoms with Crippen molar-refractivity contribution >= 4 is 0 Å². The van der Waals surface area contributed by atoms with Crippen LogP contribution in [0.25, 0.3) is 0 Å². The molecular weight excluding hydrogens is 322 g/mol. The van der Waals surface area contributed by atoms with Crippen molar-refractivity contribution in [2.75, 3.05) is 26.8 Å². The van der Waals surface area contributed by atoms with Crippen LogP contribution in [0, 0.1) is 11.6 Å². The number of rotatable bonds is 5. The van der Waals surface area contributed by atoms with Gasteiger partial charge < -0.3 is 10.1 Å². The Hall–Kier alpha value is -1.82. The summed E-state index contributed by atoms with van der Waals surface area (Å²) in [5, 5.41) is 3.48. The van der Waals surface area contributed by atoms with Gasteiger partial charge in [0.05, 0.1) is 12.6 Å². The highest BCUT2D eigenvalue weighted by atomic mass is 19.1. The van der Waals surface area contributed by atoms with Gasteiger partial charge in [0.25, 0.3) is 0 Å². The van der Waals surface area contributed by atoms with Crippen LogP contribution in [0.4, 0.5) is 8.78 Å². The van der Waals surface area contributed by atoms with E-state index in [4.69, 9.17) is 4.74 Å². The summed E-state index contributed by atoms with van der Waals surface area (Å²) in [6.45, 7) is 4.38. The fraction of sp³-hybridized carbons (Fsp3) is 0.400. The molecule has 2 atom stereocenters. The molecule has 25 heavy (non-hydrogen) atoms. The molecule has 2 aromatic carbocycles. The van der Waals surface area contributed by atoms with E-state index in [0.29, 0.717) is 12.6 Å². The first-order valence-electron chi connectivity index (χ1n) is 8.57. The van der Waals surface area contributed by atoms with Gasteiger partial charge in [0.15, 0.2) is 0 Å². The fourth-order valence-electron chi connectivity index (χ4n) is 3.51. The van der Waals surface area contributed by atoms with Crippen LogP contribution in [0.3, 0.4) is 0 Å². The van der Waals surface area contributed by atoms with E-state index in [1.165, 1.54) is 24.3 Å². The molecular formula is C20H24F2N2O. The molecule has 1 aliphatic heterocycles. The lowest BCUT2D eigenvalue weighted by molar-refractivity contribution is 0.0417. The first-order valence-corrected chi connectivity index (χ1v) is 8.57. The zero-order chi connectivity index (χ0) is 17.8. The van der Waals surface area contributed by atoms with Crippen molar-refractivity contribution in [3.8, 4) is 0 Å². The minimum Gasteiger partial charge on any atom is -0.383 e. The van der Waals surface area contributed by atoms with Crippen molar-refractivity contribution in [3.63, 3.8) is 0 Å². The van der Waals surface area contributed by atoms with Crippen LogP contribution in [0.1, 0.15) is 24.1 Å². The second-order valence-corrected chi connectivity index (χ2v) is 6.62. The van der Waals surface area contributed by atoms with Crippen LogP contribution in [-0.2, 0) is 4.74 Å². The number of hydrogen-bond acceptors (Lipinski definition) is 3. The molecule has 0 aliphatic carbocycles. The number of nitrogens with zero attached hydrogens (tertiary/aromatic N) is 1. The molecule has 1 N–H and O–H groups in total. The standard InChI is InChI=1S/C20H24F2N2O/c1-14-12-24(19(11-23-14)13-25-2)20(15-3-7-17(21)8-4-15)16-5-9-18(22)10-6-16/h3-10,14,19-20,23H,11-13H2,1-2H3/t14?,19-/m1/s1. The minimum absolute atomic E-state index is 0.0779. The largest absolute Gasteiger partial charge is 0.383 e. The summed E-state index contributed by atoms with van der Waals surface area (Å²) in [6.07, 6.45) is 0. The van der Waals surface area contributed by atoms with E-state index in [2.05, 4.69) is 17.1 Å². The molecule has 0 aromatic heterocycles. The van der Waals surface area contributed by atoms with Crippen LogP contribution in [0.5, 0.6) is 0 Å². The molecule has 0 spiro atoms. The van der Waals surface area contributed by atoms with Gasteiger partial charge in [-0.05, 0) is 42.3 Å². The summed E-state index contributed by atoms with van der Waals surface area (Å²) < 4.78 is 32.2. The van der Waals surface area contributed by atoms with Gasteiger partial charge in [-0.1, -0.05) is 24.3 Å². The second kappa shape index (κ2) is 8.04. The van der Waals surface area contributed by atoms with Crippen LogP contribution < -0.4 is 5.32 Å². The summed E-state index contributed by atoms with van der Waals surface area (Å²) in [5.74, 6) is -0.521. The first-order chi connectivity index (χ1) is 12.1. The molecule has 3 rings (SSSR count). The van der Waals surface area contributed by atoms with Crippen LogP contribution in [0.15, 0.2) is 48.5 Å². The zero-order valence-corrected chi connectivity index (χ0v) is 14.6. The Labute approximate surface area is 147 Å². The summed E-state index contributed by atoms with van der Waals surface area (Å²) in [7, 11) is 1.70. The molecule has 0 bridgehead atoms. The summed E-state index contributed by atoms with van der Waals surface area (Å²) in [5.41, 5.74) is 1.98. The fourth-order valence-corrected chi connectivity index (χ4v) is 3.51. The molecule has 2 aromatic rings. The molecule has 3 nitrogen and oxygen atoms in total. The van der Waals surface area contributed by atoms with Gasteiger partial charge in [-0.2, -0.15) is 0 Å². The van der Waals surface area contributed by atoms with Gasteiger partial charge in [0.1, 0.15) is 11.6 Å². The predicted molar refractivity (Wildman–Crippen MR) is 94.5 cm³/mol. The number of nitrogens with one attached hydrogen (secondary N) is 1. The third-order valence-corrected chi connectivity index (χ3v) is 4.72. The lowest BCUT2D eigenvalue weighted by atomic mass is 9.94. The normalized spacial score (nSPS) is 21.6. The van der Waals surface area contributed by atoms with E-state index in [-0.39, 0.29) is 23.7 Å². The number of piperazine rings is 1. The van der Waals surface area contributed by atoms with Gasteiger partial charge >= 0.3 is 0 Å². The van der Waals surface area contributed by atoms with Gasteiger partial charge in [-0.3, -0.25) is 4.90 Å². The van der Waals surface area contributed by atoms with E-state index in [0.717, 1.165) is 24.2 Å². The number of ether oxygens (including phenoxy) is 1. The number of methoxy groups -OCH3 is 1. The Morgan fingerprint density at radius 3 is 2.04 bits per heavy atom. The molecule has 0 amide bonds. The van der Waals surface area contributed by atoms with Gasteiger partial charge in [-0.15, -0.1) is 0 Å². The van der Waals surface area contributed by atoms with Gasteiger partial charge in [0, 0.05) is 32.3 Å². The van der Waals surface area contributed by atoms with E-state index >= 15 is 0 Å². The minimum atomic E-state index is -0.260. The van der Waals surface area contributed by atoms with Crippen molar-refractivity contribution in [1.82, 2.24) is 10.2 Å². The van der Waals surface area contributed by atoms with Crippen molar-refractivity contribution in [3.05, 3.63) is 71.3 Å². The summed E-state index contributed by atoms with van der Waals surface area (Å²) in [6, 6.07) is 13.6. The molecule has 1 saturated heterocycles. The highest BCUT2D eigenvalue weighted by molar-refractivity contribution is 5.33. The smallest absolute Gasteiger partial charge is 0.123 e. The van der Waals surface area contributed by atoms with Crippen molar-refractivity contribution < 1.29 is 13.5 Å². The number of halogens is 2. The third-order valence-electron chi connectivity index (χ3n) is 4.72. The van der Waals surface area contributed by atoms with Crippen LogP contribution >= 0.6 is 0 Å². The Morgan fingerprint density at radius 2 is 1.56 bits per heavy atom. The Bertz CT molecular complexity index is 630. The van der Waals surface area contributed by atoms with E-state index in [1.54, 1.807) is 31.4 Å². The SMILES string of the molecule is COC[C@H]1CNC(C)CN1C(c1ccc(F)cc1)c1ccc(F)cc1. The van der Waals surface area contributed by atoms with E-state index < -0.39 is 0 Å². The number of hydrogen-bond donors (Lipinski definition) is 1. The topological polar surface area (TPSA) is 24.5 Å². The summed E-state index contributed by atoms with van der Waals surface area (Å²) in [4.78, 5) is 2.37. The molecule has 1 aliphatic rings. The van der Waals surface area contributed by atoms with Gasteiger partial charge in [-0.25, -0.2) is 8.78 Å². The lowest BCUT2D eigenvalue weighted by Gasteiger charge is -2.44. The predicted octanol–water partition coefficient (Wildman–Crippen LogP) is 3.36. The van der Waals surface area contributed by atoms with Crippen molar-refractivity contribution in [2.45, 2.75) is 25.0 Å².